The molecule has 8 nitrogen and oxygen atoms in total. The molecular formula is C22H31N3O5S2. The summed E-state index contributed by atoms with van der Waals surface area (Å²) in [7, 11) is -3.08. The zero-order chi connectivity index (χ0) is 23.5. The predicted molar refractivity (Wildman–Crippen MR) is 126 cm³/mol. The van der Waals surface area contributed by atoms with Gasteiger partial charge in [-0.05, 0) is 51.8 Å². The Balaban J connectivity index is 1.80. The first-order chi connectivity index (χ1) is 15.2. The summed E-state index contributed by atoms with van der Waals surface area (Å²) in [4.78, 5) is 31.6. The van der Waals surface area contributed by atoms with Crippen LogP contribution in [0.4, 0.5) is 0 Å². The van der Waals surface area contributed by atoms with Crippen LogP contribution in [0, 0.1) is 0 Å². The number of amides is 1. The lowest BCUT2D eigenvalue weighted by molar-refractivity contribution is -0.132. The third kappa shape index (κ3) is 5.28. The quantitative estimate of drug-likeness (QED) is 0.401. The molecule has 1 aliphatic rings. The number of sulfone groups is 1. The van der Waals surface area contributed by atoms with Gasteiger partial charge in [-0.25, -0.2) is 18.2 Å². The monoisotopic (exact) mass is 481 g/mol. The molecule has 1 amide bonds. The number of carbonyl (C=O) groups excluding carboxylic acids is 2. The normalized spacial score (nSPS) is 18.6. The topological polar surface area (TPSA) is 98.6 Å². The van der Waals surface area contributed by atoms with Crippen molar-refractivity contribution >= 4 is 44.5 Å². The van der Waals surface area contributed by atoms with Crippen molar-refractivity contribution in [2.45, 2.75) is 64.3 Å². The standard InChI is InChI=1S/C22H31N3O5S2/c1-5-15(4)25(17-10-11-32(28,29)14-17)20(26)13-31-22-23-18-12-16(21(27)30-7-3)8-9-19(18)24(22)6-2/h8-9,12,15,17H,5-7,10-11,13-14H2,1-4H3. The number of aromatic nitrogens is 2. The lowest BCUT2D eigenvalue weighted by atomic mass is 10.1. The van der Waals surface area contributed by atoms with E-state index in [4.69, 9.17) is 4.74 Å². The Bertz CT molecular complexity index is 1100. The summed E-state index contributed by atoms with van der Waals surface area (Å²) >= 11 is 1.34. The van der Waals surface area contributed by atoms with Gasteiger partial charge in [0.05, 0.1) is 40.5 Å². The van der Waals surface area contributed by atoms with Crippen LogP contribution in [-0.4, -0.2) is 70.7 Å². The van der Waals surface area contributed by atoms with Crippen molar-refractivity contribution in [1.29, 1.82) is 0 Å². The number of carbonyl (C=O) groups is 2. The number of rotatable bonds is 9. The number of hydrogen-bond acceptors (Lipinski definition) is 7. The molecule has 0 radical (unpaired) electrons. The molecule has 0 bridgehead atoms. The molecular weight excluding hydrogens is 450 g/mol. The number of nitrogens with zero attached hydrogens (tertiary/aromatic N) is 3. The summed E-state index contributed by atoms with van der Waals surface area (Å²) in [6.07, 6.45) is 1.25. The molecule has 2 unspecified atom stereocenters. The zero-order valence-corrected chi connectivity index (χ0v) is 20.7. The van der Waals surface area contributed by atoms with Gasteiger partial charge in [-0.1, -0.05) is 18.7 Å². The number of thioether (sulfide) groups is 1. The van der Waals surface area contributed by atoms with E-state index in [1.165, 1.54) is 11.8 Å². The molecule has 0 saturated carbocycles. The maximum absolute atomic E-state index is 13.2. The Morgan fingerprint density at radius 3 is 2.66 bits per heavy atom. The molecule has 0 aliphatic carbocycles. The highest BCUT2D eigenvalue weighted by Crippen LogP contribution is 2.27. The molecule has 1 aliphatic heterocycles. The minimum Gasteiger partial charge on any atom is -0.462 e. The van der Waals surface area contributed by atoms with Crippen molar-refractivity contribution in [3.8, 4) is 0 Å². The van der Waals surface area contributed by atoms with Crippen molar-refractivity contribution in [3.05, 3.63) is 23.8 Å². The number of hydrogen-bond donors (Lipinski definition) is 0. The van der Waals surface area contributed by atoms with Crippen molar-refractivity contribution in [3.63, 3.8) is 0 Å². The van der Waals surface area contributed by atoms with E-state index in [0.717, 1.165) is 11.9 Å². The Morgan fingerprint density at radius 1 is 1.31 bits per heavy atom. The van der Waals surface area contributed by atoms with Crippen molar-refractivity contribution in [1.82, 2.24) is 14.5 Å². The maximum Gasteiger partial charge on any atom is 0.338 e. The van der Waals surface area contributed by atoms with Crippen LogP contribution in [0.1, 0.15) is 50.9 Å². The number of ether oxygens (including phenoxy) is 1. The average Bonchev–Trinajstić information content (AvgIpc) is 3.30. The molecule has 32 heavy (non-hydrogen) atoms. The molecule has 10 heteroatoms. The van der Waals surface area contributed by atoms with Gasteiger partial charge in [0.2, 0.25) is 5.91 Å². The van der Waals surface area contributed by atoms with Gasteiger partial charge in [0, 0.05) is 18.6 Å². The summed E-state index contributed by atoms with van der Waals surface area (Å²) in [6, 6.07) is 4.98. The molecule has 2 heterocycles. The van der Waals surface area contributed by atoms with E-state index in [1.54, 1.807) is 24.0 Å². The van der Waals surface area contributed by atoms with Gasteiger partial charge < -0.3 is 14.2 Å². The molecule has 3 rings (SSSR count). The summed E-state index contributed by atoms with van der Waals surface area (Å²) in [5, 5.41) is 0.694. The number of imidazole rings is 1. The second-order valence-corrected chi connectivity index (χ2v) is 11.1. The lowest BCUT2D eigenvalue weighted by Gasteiger charge is -2.33. The van der Waals surface area contributed by atoms with Gasteiger partial charge in [-0.2, -0.15) is 0 Å². The van der Waals surface area contributed by atoms with Crippen molar-refractivity contribution < 1.29 is 22.7 Å². The van der Waals surface area contributed by atoms with E-state index < -0.39 is 9.84 Å². The van der Waals surface area contributed by atoms with Crippen molar-refractivity contribution in [2.24, 2.45) is 0 Å². The third-order valence-electron chi connectivity index (χ3n) is 5.82. The van der Waals surface area contributed by atoms with Gasteiger partial charge in [-0.3, -0.25) is 4.79 Å². The minimum absolute atomic E-state index is 0.0291. The molecule has 2 atom stereocenters. The first-order valence-electron chi connectivity index (χ1n) is 11.0. The van der Waals surface area contributed by atoms with Crippen LogP contribution >= 0.6 is 11.8 Å². The van der Waals surface area contributed by atoms with Gasteiger partial charge >= 0.3 is 5.97 Å². The minimum atomic E-state index is -3.08. The summed E-state index contributed by atoms with van der Waals surface area (Å²) in [5.74, 6) is -0.111. The van der Waals surface area contributed by atoms with Gasteiger partial charge in [0.1, 0.15) is 0 Å². The third-order valence-corrected chi connectivity index (χ3v) is 8.53. The number of aryl methyl sites for hydroxylation is 1. The van der Waals surface area contributed by atoms with E-state index in [1.807, 2.05) is 31.4 Å². The SMILES string of the molecule is CCOC(=O)c1ccc2c(c1)nc(SCC(=O)N(C(C)CC)C1CCS(=O)(=O)C1)n2CC. The Kier molecular flexibility index (Phi) is 7.87. The highest BCUT2D eigenvalue weighted by molar-refractivity contribution is 7.99. The predicted octanol–water partition coefficient (Wildman–Crippen LogP) is 3.14. The number of benzene rings is 1. The fourth-order valence-corrected chi connectivity index (χ4v) is 6.73. The second kappa shape index (κ2) is 10.2. The van der Waals surface area contributed by atoms with E-state index in [9.17, 15) is 18.0 Å². The van der Waals surface area contributed by atoms with Gasteiger partial charge in [0.15, 0.2) is 15.0 Å². The smallest absolute Gasteiger partial charge is 0.338 e. The molecule has 2 aromatic rings. The van der Waals surface area contributed by atoms with Crippen LogP contribution in [0.2, 0.25) is 0 Å². The van der Waals surface area contributed by atoms with Crippen LogP contribution in [0.3, 0.4) is 0 Å². The molecule has 1 aromatic heterocycles. The molecule has 1 saturated heterocycles. The Morgan fingerprint density at radius 2 is 2.06 bits per heavy atom. The first kappa shape index (κ1) is 24.6. The highest BCUT2D eigenvalue weighted by atomic mass is 32.2. The van der Waals surface area contributed by atoms with E-state index in [-0.39, 0.29) is 41.2 Å². The summed E-state index contributed by atoms with van der Waals surface area (Å²) < 4.78 is 31.0. The maximum atomic E-state index is 13.2. The fraction of sp³-hybridized carbons (Fsp3) is 0.591. The van der Waals surface area contributed by atoms with Gasteiger partial charge in [0.25, 0.3) is 0 Å². The lowest BCUT2D eigenvalue weighted by Crippen LogP contribution is -2.47. The summed E-state index contributed by atoms with van der Waals surface area (Å²) in [5.41, 5.74) is 2.00. The number of esters is 1. The fourth-order valence-electron chi connectivity index (χ4n) is 4.07. The average molecular weight is 482 g/mol. The molecule has 1 fully saturated rings. The van der Waals surface area contributed by atoms with Gasteiger partial charge in [-0.15, -0.1) is 0 Å². The van der Waals surface area contributed by atoms with Crippen LogP contribution in [0.25, 0.3) is 11.0 Å². The molecule has 176 valence electrons. The summed E-state index contributed by atoms with van der Waals surface area (Å²) in [6.45, 7) is 8.70. The largest absolute Gasteiger partial charge is 0.462 e. The van der Waals surface area contributed by atoms with Crippen molar-refractivity contribution in [2.75, 3.05) is 23.9 Å². The van der Waals surface area contributed by atoms with Crippen LogP contribution < -0.4 is 0 Å². The zero-order valence-electron chi connectivity index (χ0n) is 19.0. The molecule has 0 N–H and O–H groups in total. The van der Waals surface area contributed by atoms with E-state index in [2.05, 4.69) is 4.98 Å². The molecule has 0 spiro atoms. The van der Waals surface area contributed by atoms with Crippen LogP contribution in [0.5, 0.6) is 0 Å². The number of fused-ring (bicyclic) bond motifs is 1. The van der Waals surface area contributed by atoms with Crippen LogP contribution in [0.15, 0.2) is 23.4 Å². The molecule has 1 aromatic carbocycles. The Hall–Kier alpha value is -2.07. The van der Waals surface area contributed by atoms with Crippen LogP contribution in [-0.2, 0) is 25.9 Å². The van der Waals surface area contributed by atoms with E-state index in [0.29, 0.717) is 35.8 Å². The highest BCUT2D eigenvalue weighted by Gasteiger charge is 2.36. The Labute approximate surface area is 193 Å². The first-order valence-corrected chi connectivity index (χ1v) is 13.8. The van der Waals surface area contributed by atoms with E-state index >= 15 is 0 Å². The second-order valence-electron chi connectivity index (χ2n) is 7.97.